The first-order valence-corrected chi connectivity index (χ1v) is 12.7. The Morgan fingerprint density at radius 3 is 2.44 bits per heavy atom. The third-order valence-electron chi connectivity index (χ3n) is 7.20. The van der Waals surface area contributed by atoms with E-state index in [1.54, 1.807) is 25.3 Å². The highest BCUT2D eigenvalue weighted by molar-refractivity contribution is 6.46. The molecule has 1 aliphatic rings. The lowest BCUT2D eigenvalue weighted by Gasteiger charge is -2.27. The number of H-pyrrole nitrogens is 1. The number of carbonyl (C=O) groups excluding carboxylic acids is 2. The zero-order valence-electron chi connectivity index (χ0n) is 22.5. The van der Waals surface area contributed by atoms with E-state index >= 15 is 0 Å². The molecule has 1 saturated heterocycles. The van der Waals surface area contributed by atoms with Crippen LogP contribution in [0.15, 0.2) is 72.4 Å². The molecule has 0 bridgehead atoms. The number of ether oxygens (including phenoxy) is 3. The number of carbonyl (C=O) groups is 2. The van der Waals surface area contributed by atoms with Crippen molar-refractivity contribution >= 4 is 34.0 Å². The molecule has 2 heterocycles. The molecule has 0 saturated carbocycles. The Kier molecular flexibility index (Phi) is 7.34. The Morgan fingerprint density at radius 2 is 1.73 bits per heavy atom. The average Bonchev–Trinajstić information content (AvgIpc) is 3.52. The molecule has 11 heteroatoms. The molecule has 210 valence electrons. The van der Waals surface area contributed by atoms with Gasteiger partial charge in [0.05, 0.1) is 37.9 Å². The summed E-state index contributed by atoms with van der Waals surface area (Å²) in [7, 11) is 4.53. The summed E-state index contributed by atoms with van der Waals surface area (Å²) in [6.45, 7) is 0.125. The quantitative estimate of drug-likeness (QED) is 0.0985. The molecule has 5 rings (SSSR count). The molecule has 1 amide bonds. The lowest BCUT2D eigenvalue weighted by atomic mass is 9.94. The highest BCUT2D eigenvalue weighted by Gasteiger charge is 2.47. The van der Waals surface area contributed by atoms with Crippen molar-refractivity contribution in [3.63, 3.8) is 0 Å². The number of hydrogen-bond acceptors (Lipinski definition) is 8. The molecule has 0 radical (unpaired) electrons. The number of aromatic amines is 1. The smallest absolute Gasteiger partial charge is 0.295 e. The molecule has 11 nitrogen and oxygen atoms in total. The van der Waals surface area contributed by atoms with Crippen LogP contribution in [0.3, 0.4) is 0 Å². The second kappa shape index (κ2) is 11.0. The lowest BCUT2D eigenvalue weighted by molar-refractivity contribution is -0.384. The van der Waals surface area contributed by atoms with Gasteiger partial charge in [0.15, 0.2) is 0 Å². The van der Waals surface area contributed by atoms with Crippen molar-refractivity contribution in [3.05, 3.63) is 99.2 Å². The van der Waals surface area contributed by atoms with Crippen LogP contribution < -0.4 is 14.2 Å². The average molecular weight is 558 g/mol. The summed E-state index contributed by atoms with van der Waals surface area (Å²) < 4.78 is 16.3. The van der Waals surface area contributed by atoms with Gasteiger partial charge < -0.3 is 29.2 Å². The van der Waals surface area contributed by atoms with E-state index < -0.39 is 28.4 Å². The van der Waals surface area contributed by atoms with Gasteiger partial charge >= 0.3 is 0 Å². The third kappa shape index (κ3) is 4.93. The third-order valence-corrected chi connectivity index (χ3v) is 7.20. The molecule has 1 aromatic heterocycles. The molecule has 2 N–H and O–H groups in total. The molecule has 0 spiro atoms. The van der Waals surface area contributed by atoms with Crippen LogP contribution in [0.5, 0.6) is 17.2 Å². The lowest BCUT2D eigenvalue weighted by Crippen LogP contribution is -2.31. The molecule has 4 aromatic rings. The van der Waals surface area contributed by atoms with Gasteiger partial charge in [-0.1, -0.05) is 12.1 Å². The largest absolute Gasteiger partial charge is 0.507 e. The molecule has 41 heavy (non-hydrogen) atoms. The molecule has 1 fully saturated rings. The Balaban J connectivity index is 1.62. The molecule has 3 aromatic carbocycles. The number of nitrogens with one attached hydrogen (secondary N) is 1. The number of hydrogen-bond donors (Lipinski definition) is 2. The first kappa shape index (κ1) is 27.3. The molecule has 1 atom stereocenters. The van der Waals surface area contributed by atoms with Crippen LogP contribution in [-0.2, 0) is 16.0 Å². The number of Topliss-reactive ketones (excluding diaryl/α,β-unsaturated/α-hetero) is 1. The predicted octanol–water partition coefficient (Wildman–Crippen LogP) is 4.77. The summed E-state index contributed by atoms with van der Waals surface area (Å²) in [6, 6.07) is 14.8. The van der Waals surface area contributed by atoms with Gasteiger partial charge in [-0.15, -0.1) is 0 Å². The van der Waals surface area contributed by atoms with Crippen LogP contribution in [0, 0.1) is 10.1 Å². The number of aliphatic hydroxyl groups excluding tert-OH is 1. The van der Waals surface area contributed by atoms with Crippen LogP contribution in [0.2, 0.25) is 0 Å². The number of aliphatic hydroxyl groups is 1. The van der Waals surface area contributed by atoms with Crippen LogP contribution in [0.1, 0.15) is 22.7 Å². The predicted molar refractivity (Wildman–Crippen MR) is 150 cm³/mol. The fourth-order valence-electron chi connectivity index (χ4n) is 5.13. The molecular formula is C30H27N3O8. The monoisotopic (exact) mass is 557 g/mol. The minimum Gasteiger partial charge on any atom is -0.507 e. The number of aromatic nitrogens is 1. The Morgan fingerprint density at radius 1 is 1.00 bits per heavy atom. The standard InChI is InChI=1S/C30H27N3O8/c1-39-20-8-10-24-23(14-20)18(16-31-24)11-12-32-27(22-9-7-21(40-2)15-25(22)41-3)26(29(35)30(32)36)28(34)17-5-4-6-19(13-17)33(37)38/h4-10,13-16,27,31,34H,11-12H2,1-3H3/b28-26-. The summed E-state index contributed by atoms with van der Waals surface area (Å²) in [5.41, 5.74) is 1.82. The topological polar surface area (TPSA) is 144 Å². The fourth-order valence-corrected chi connectivity index (χ4v) is 5.13. The van der Waals surface area contributed by atoms with Gasteiger partial charge in [-0.2, -0.15) is 0 Å². The second-order valence-corrected chi connectivity index (χ2v) is 9.38. The van der Waals surface area contributed by atoms with Gasteiger partial charge in [-0.3, -0.25) is 19.7 Å². The van der Waals surface area contributed by atoms with Gasteiger partial charge in [0.1, 0.15) is 23.0 Å². The number of likely N-dealkylation sites (tertiary alicyclic amines) is 1. The van der Waals surface area contributed by atoms with E-state index in [0.29, 0.717) is 29.2 Å². The van der Waals surface area contributed by atoms with E-state index in [0.717, 1.165) is 22.5 Å². The number of ketones is 1. The van der Waals surface area contributed by atoms with Crippen molar-refractivity contribution in [1.82, 2.24) is 9.88 Å². The van der Waals surface area contributed by atoms with Crippen molar-refractivity contribution in [1.29, 1.82) is 0 Å². The Hall–Kier alpha value is -5.32. The number of nitro benzene ring substituents is 1. The van der Waals surface area contributed by atoms with Gasteiger partial charge in [0.25, 0.3) is 17.4 Å². The van der Waals surface area contributed by atoms with Crippen LogP contribution in [-0.4, -0.2) is 59.5 Å². The van der Waals surface area contributed by atoms with Crippen LogP contribution in [0.25, 0.3) is 16.7 Å². The van der Waals surface area contributed by atoms with E-state index in [1.165, 1.54) is 37.3 Å². The van der Waals surface area contributed by atoms with Crippen LogP contribution >= 0.6 is 0 Å². The summed E-state index contributed by atoms with van der Waals surface area (Å²) in [5, 5.41) is 23.6. The molecular weight excluding hydrogens is 530 g/mol. The van der Waals surface area contributed by atoms with E-state index in [4.69, 9.17) is 14.2 Å². The maximum atomic E-state index is 13.5. The zero-order valence-corrected chi connectivity index (χ0v) is 22.5. The Labute approximate surface area is 234 Å². The number of non-ortho nitro benzene ring substituents is 1. The highest BCUT2D eigenvalue weighted by atomic mass is 16.6. The summed E-state index contributed by atoms with van der Waals surface area (Å²) in [5.74, 6) is -0.722. The Bertz CT molecular complexity index is 1710. The van der Waals surface area contributed by atoms with Gasteiger partial charge in [-0.05, 0) is 42.3 Å². The van der Waals surface area contributed by atoms with Crippen molar-refractivity contribution in [2.45, 2.75) is 12.5 Å². The molecule has 1 unspecified atom stereocenters. The van der Waals surface area contributed by atoms with E-state index in [2.05, 4.69) is 4.98 Å². The summed E-state index contributed by atoms with van der Waals surface area (Å²) in [4.78, 5) is 42.3. The zero-order chi connectivity index (χ0) is 29.3. The van der Waals surface area contributed by atoms with E-state index in [9.17, 15) is 24.8 Å². The maximum Gasteiger partial charge on any atom is 0.295 e. The number of amides is 1. The van der Waals surface area contributed by atoms with Gasteiger partial charge in [0, 0.05) is 53.0 Å². The first-order valence-electron chi connectivity index (χ1n) is 12.7. The number of fused-ring (bicyclic) bond motifs is 1. The number of methoxy groups -OCH3 is 3. The normalized spacial score (nSPS) is 16.3. The number of nitrogens with zero attached hydrogens (tertiary/aromatic N) is 2. The SMILES string of the molecule is COc1ccc(C2/C(=C(/O)c3cccc([N+](=O)[O-])c3)C(=O)C(=O)N2CCc2c[nH]c3ccc(OC)cc23)c(OC)c1. The minimum absolute atomic E-state index is 0.0402. The highest BCUT2D eigenvalue weighted by Crippen LogP contribution is 2.44. The first-order chi connectivity index (χ1) is 19.8. The summed E-state index contributed by atoms with van der Waals surface area (Å²) in [6.07, 6.45) is 2.22. The van der Waals surface area contributed by atoms with Gasteiger partial charge in [-0.25, -0.2) is 0 Å². The maximum absolute atomic E-state index is 13.5. The number of nitro groups is 1. The van der Waals surface area contributed by atoms with E-state index in [-0.39, 0.29) is 23.4 Å². The van der Waals surface area contributed by atoms with Crippen molar-refractivity contribution in [2.75, 3.05) is 27.9 Å². The number of rotatable bonds is 9. The van der Waals surface area contributed by atoms with Crippen molar-refractivity contribution in [3.8, 4) is 17.2 Å². The minimum atomic E-state index is -1.03. The van der Waals surface area contributed by atoms with E-state index in [1.807, 2.05) is 24.4 Å². The molecule has 1 aliphatic heterocycles. The molecule has 0 aliphatic carbocycles. The van der Waals surface area contributed by atoms with Gasteiger partial charge in [0.2, 0.25) is 0 Å². The van der Waals surface area contributed by atoms with Crippen molar-refractivity contribution in [2.24, 2.45) is 0 Å². The summed E-state index contributed by atoms with van der Waals surface area (Å²) >= 11 is 0. The van der Waals surface area contributed by atoms with Crippen LogP contribution in [0.4, 0.5) is 5.69 Å². The van der Waals surface area contributed by atoms with Crippen molar-refractivity contribution < 1.29 is 33.8 Å². The fraction of sp³-hybridized carbons (Fsp3) is 0.200. The second-order valence-electron chi connectivity index (χ2n) is 9.38. The number of benzene rings is 3.